The van der Waals surface area contributed by atoms with Gasteiger partial charge in [-0.1, -0.05) is 46.1 Å². The molecule has 0 saturated carbocycles. The number of nitrogens with one attached hydrogen (secondary N) is 1. The van der Waals surface area contributed by atoms with Gasteiger partial charge in [0.05, 0.1) is 6.04 Å². The number of halogens is 2. The van der Waals surface area contributed by atoms with E-state index < -0.39 is 0 Å². The van der Waals surface area contributed by atoms with Crippen molar-refractivity contribution in [2.45, 2.75) is 38.6 Å². The highest BCUT2D eigenvalue weighted by Gasteiger charge is 2.20. The summed E-state index contributed by atoms with van der Waals surface area (Å²) in [7, 11) is 0. The van der Waals surface area contributed by atoms with Crippen molar-refractivity contribution in [1.29, 1.82) is 0 Å². The summed E-state index contributed by atoms with van der Waals surface area (Å²) in [5, 5.41) is 4.47. The minimum absolute atomic E-state index is 0.275. The Morgan fingerprint density at radius 2 is 2.28 bits per heavy atom. The third-order valence-corrected chi connectivity index (χ3v) is 4.15. The van der Waals surface area contributed by atoms with E-state index in [1.165, 1.54) is 30.4 Å². The van der Waals surface area contributed by atoms with Crippen molar-refractivity contribution in [1.82, 2.24) is 5.32 Å². The summed E-state index contributed by atoms with van der Waals surface area (Å²) >= 11 is 9.90. The zero-order chi connectivity index (χ0) is 13.0. The van der Waals surface area contributed by atoms with Crippen LogP contribution in [0.4, 0.5) is 0 Å². The standard InChI is InChI=1S/C15H19BrClN/c1-2-9-18-15(11-5-3-4-6-11)13-10-12(16)7-8-14(13)17/h5,7-8,10,15,18H,2-4,6,9H2,1H3. The molecule has 18 heavy (non-hydrogen) atoms. The van der Waals surface area contributed by atoms with E-state index in [2.05, 4.69) is 40.3 Å². The smallest absolute Gasteiger partial charge is 0.0551 e. The van der Waals surface area contributed by atoms with Gasteiger partial charge in [-0.05, 0) is 56.0 Å². The van der Waals surface area contributed by atoms with E-state index >= 15 is 0 Å². The van der Waals surface area contributed by atoms with Crippen LogP contribution in [-0.4, -0.2) is 6.54 Å². The molecule has 0 bridgehead atoms. The molecule has 0 amide bonds. The second-order valence-corrected chi connectivity index (χ2v) is 6.05. The van der Waals surface area contributed by atoms with E-state index in [4.69, 9.17) is 11.6 Å². The van der Waals surface area contributed by atoms with Gasteiger partial charge in [0.15, 0.2) is 0 Å². The maximum atomic E-state index is 6.36. The van der Waals surface area contributed by atoms with Gasteiger partial charge in [-0.2, -0.15) is 0 Å². The van der Waals surface area contributed by atoms with Crippen LogP contribution in [0.25, 0.3) is 0 Å². The highest BCUT2D eigenvalue weighted by atomic mass is 79.9. The van der Waals surface area contributed by atoms with Gasteiger partial charge in [-0.25, -0.2) is 0 Å². The molecule has 1 N–H and O–H groups in total. The quantitative estimate of drug-likeness (QED) is 0.728. The SMILES string of the molecule is CCCNC(C1=CCCC1)c1cc(Br)ccc1Cl. The molecule has 0 fully saturated rings. The predicted molar refractivity (Wildman–Crippen MR) is 82.1 cm³/mol. The molecule has 1 aromatic carbocycles. The Morgan fingerprint density at radius 1 is 1.44 bits per heavy atom. The van der Waals surface area contributed by atoms with Crippen molar-refractivity contribution in [3.05, 3.63) is 44.9 Å². The van der Waals surface area contributed by atoms with E-state index in [1.807, 2.05) is 12.1 Å². The zero-order valence-electron chi connectivity index (χ0n) is 10.7. The van der Waals surface area contributed by atoms with Crippen molar-refractivity contribution in [3.8, 4) is 0 Å². The molecule has 1 nitrogen and oxygen atoms in total. The van der Waals surface area contributed by atoms with Crippen LogP contribution < -0.4 is 5.32 Å². The van der Waals surface area contributed by atoms with E-state index in [-0.39, 0.29) is 6.04 Å². The van der Waals surface area contributed by atoms with Crippen molar-refractivity contribution in [2.24, 2.45) is 0 Å². The summed E-state index contributed by atoms with van der Waals surface area (Å²) in [5.41, 5.74) is 2.68. The van der Waals surface area contributed by atoms with Gasteiger partial charge in [0.25, 0.3) is 0 Å². The zero-order valence-corrected chi connectivity index (χ0v) is 13.0. The molecule has 0 saturated heterocycles. The van der Waals surface area contributed by atoms with Gasteiger partial charge in [-0.3, -0.25) is 0 Å². The summed E-state index contributed by atoms with van der Waals surface area (Å²) in [6, 6.07) is 6.37. The van der Waals surface area contributed by atoms with Crippen LogP contribution in [0, 0.1) is 0 Å². The van der Waals surface area contributed by atoms with Gasteiger partial charge in [0.2, 0.25) is 0 Å². The molecule has 98 valence electrons. The minimum atomic E-state index is 0.275. The maximum absolute atomic E-state index is 6.36. The summed E-state index contributed by atoms with van der Waals surface area (Å²) < 4.78 is 1.09. The molecule has 1 aliphatic rings. The van der Waals surface area contributed by atoms with Gasteiger partial charge < -0.3 is 5.32 Å². The van der Waals surface area contributed by atoms with Crippen LogP contribution in [0.1, 0.15) is 44.2 Å². The molecule has 0 aromatic heterocycles. The van der Waals surface area contributed by atoms with Gasteiger partial charge in [0, 0.05) is 9.50 Å². The summed E-state index contributed by atoms with van der Waals surface area (Å²) in [5.74, 6) is 0. The second-order valence-electron chi connectivity index (χ2n) is 4.72. The van der Waals surface area contributed by atoms with E-state index in [1.54, 1.807) is 0 Å². The lowest BCUT2D eigenvalue weighted by atomic mass is 9.98. The fraction of sp³-hybridized carbons (Fsp3) is 0.467. The van der Waals surface area contributed by atoms with Crippen LogP contribution in [0.2, 0.25) is 5.02 Å². The molecule has 0 spiro atoms. The molecule has 1 atom stereocenters. The largest absolute Gasteiger partial charge is 0.306 e. The lowest BCUT2D eigenvalue weighted by molar-refractivity contribution is 0.578. The molecular formula is C15H19BrClN. The summed E-state index contributed by atoms with van der Waals surface area (Å²) in [6.07, 6.45) is 7.15. The Morgan fingerprint density at radius 3 is 2.94 bits per heavy atom. The number of hydrogen-bond acceptors (Lipinski definition) is 1. The Labute approximate surface area is 123 Å². The van der Waals surface area contributed by atoms with Crippen LogP contribution in [-0.2, 0) is 0 Å². The Hall–Kier alpha value is -0.310. The normalized spacial score (nSPS) is 16.7. The number of allylic oxidation sites excluding steroid dienone is 1. The van der Waals surface area contributed by atoms with Gasteiger partial charge in [0.1, 0.15) is 0 Å². The average molecular weight is 329 g/mol. The molecule has 1 unspecified atom stereocenters. The molecule has 0 aliphatic heterocycles. The molecular weight excluding hydrogens is 310 g/mol. The van der Waals surface area contributed by atoms with E-state index in [0.29, 0.717) is 0 Å². The minimum Gasteiger partial charge on any atom is -0.306 e. The number of hydrogen-bond donors (Lipinski definition) is 1. The maximum Gasteiger partial charge on any atom is 0.0551 e. The fourth-order valence-electron chi connectivity index (χ4n) is 2.42. The third kappa shape index (κ3) is 3.37. The topological polar surface area (TPSA) is 12.0 Å². The second kappa shape index (κ2) is 6.74. The predicted octanol–water partition coefficient (Wildman–Crippen LogP) is 5.25. The van der Waals surface area contributed by atoms with Crippen LogP contribution in [0.5, 0.6) is 0 Å². The molecule has 1 aromatic rings. The first-order valence-corrected chi connectivity index (χ1v) is 7.76. The molecule has 1 aliphatic carbocycles. The van der Waals surface area contributed by atoms with E-state index in [0.717, 1.165) is 22.5 Å². The number of rotatable bonds is 5. The Balaban J connectivity index is 2.29. The summed E-state index contributed by atoms with van der Waals surface area (Å²) in [4.78, 5) is 0. The first-order valence-electron chi connectivity index (χ1n) is 6.59. The average Bonchev–Trinajstić information content (AvgIpc) is 2.88. The van der Waals surface area contributed by atoms with Gasteiger partial charge >= 0.3 is 0 Å². The lowest BCUT2D eigenvalue weighted by Crippen LogP contribution is -2.23. The van der Waals surface area contributed by atoms with Crippen molar-refractivity contribution >= 4 is 27.5 Å². The Kier molecular flexibility index (Phi) is 5.28. The highest BCUT2D eigenvalue weighted by Crippen LogP contribution is 2.35. The molecule has 3 heteroatoms. The molecule has 0 heterocycles. The highest BCUT2D eigenvalue weighted by molar-refractivity contribution is 9.10. The Bertz CT molecular complexity index is 442. The van der Waals surface area contributed by atoms with Crippen molar-refractivity contribution in [2.75, 3.05) is 6.54 Å². The molecule has 0 radical (unpaired) electrons. The third-order valence-electron chi connectivity index (χ3n) is 3.31. The first-order chi connectivity index (χ1) is 8.72. The van der Waals surface area contributed by atoms with Crippen LogP contribution in [0.3, 0.4) is 0 Å². The van der Waals surface area contributed by atoms with Gasteiger partial charge in [-0.15, -0.1) is 0 Å². The summed E-state index contributed by atoms with van der Waals surface area (Å²) in [6.45, 7) is 3.21. The number of benzene rings is 1. The van der Waals surface area contributed by atoms with Crippen LogP contribution in [0.15, 0.2) is 34.3 Å². The van der Waals surface area contributed by atoms with Crippen molar-refractivity contribution in [3.63, 3.8) is 0 Å². The lowest BCUT2D eigenvalue weighted by Gasteiger charge is -2.22. The fourth-order valence-corrected chi connectivity index (χ4v) is 3.03. The molecule has 2 rings (SSSR count). The van der Waals surface area contributed by atoms with Crippen molar-refractivity contribution < 1.29 is 0 Å². The first kappa shape index (κ1) is 14.1. The van der Waals surface area contributed by atoms with Crippen LogP contribution >= 0.6 is 27.5 Å². The van der Waals surface area contributed by atoms with E-state index in [9.17, 15) is 0 Å². The monoisotopic (exact) mass is 327 g/mol.